The molecule has 6 nitrogen and oxygen atoms in total. The summed E-state index contributed by atoms with van der Waals surface area (Å²) in [7, 11) is 0. The molecule has 0 radical (unpaired) electrons. The Labute approximate surface area is 108 Å². The van der Waals surface area contributed by atoms with Crippen LogP contribution in [-0.2, 0) is 11.3 Å². The molecule has 0 spiro atoms. The molecule has 0 saturated heterocycles. The molecule has 0 bridgehead atoms. The van der Waals surface area contributed by atoms with Crippen molar-refractivity contribution in [1.29, 1.82) is 0 Å². The number of carbonyl (C=O) groups excluding carboxylic acids is 1. The molecule has 0 aliphatic heterocycles. The third kappa shape index (κ3) is 4.83. The van der Waals surface area contributed by atoms with Gasteiger partial charge in [0.15, 0.2) is 0 Å². The lowest BCUT2D eigenvalue weighted by Gasteiger charge is -2.26. The molecule has 0 aliphatic carbocycles. The third-order valence-electron chi connectivity index (χ3n) is 3.00. The second kappa shape index (κ2) is 6.49. The Morgan fingerprint density at radius 2 is 2.22 bits per heavy atom. The fourth-order valence-electron chi connectivity index (χ4n) is 1.37. The van der Waals surface area contributed by atoms with Gasteiger partial charge in [-0.05, 0) is 27.2 Å². The molecule has 1 unspecified atom stereocenters. The molecular weight excluding hydrogens is 230 g/mol. The zero-order valence-electron chi connectivity index (χ0n) is 11.6. The molecule has 102 valence electrons. The van der Waals surface area contributed by atoms with Gasteiger partial charge in [0.05, 0.1) is 18.8 Å². The van der Waals surface area contributed by atoms with Crippen molar-refractivity contribution < 1.29 is 4.79 Å². The molecule has 1 atom stereocenters. The first-order valence-electron chi connectivity index (χ1n) is 6.34. The Balaban J connectivity index is 2.27. The fraction of sp³-hybridized carbons (Fsp3) is 0.750. The number of nitrogens with one attached hydrogen (secondary N) is 2. The van der Waals surface area contributed by atoms with Crippen molar-refractivity contribution in [2.24, 2.45) is 0 Å². The van der Waals surface area contributed by atoms with Gasteiger partial charge in [-0.25, -0.2) is 0 Å². The van der Waals surface area contributed by atoms with Gasteiger partial charge in [-0.15, -0.1) is 5.10 Å². The van der Waals surface area contributed by atoms with E-state index in [1.165, 1.54) is 0 Å². The number of hydrogen-bond acceptors (Lipinski definition) is 4. The highest BCUT2D eigenvalue weighted by Crippen LogP contribution is 2.06. The third-order valence-corrected chi connectivity index (χ3v) is 3.00. The Morgan fingerprint density at radius 3 is 2.78 bits per heavy atom. The van der Waals surface area contributed by atoms with Crippen LogP contribution >= 0.6 is 0 Å². The summed E-state index contributed by atoms with van der Waals surface area (Å²) in [4.78, 5) is 11.9. The highest BCUT2D eigenvalue weighted by molar-refractivity contribution is 5.81. The van der Waals surface area contributed by atoms with Crippen LogP contribution in [0.25, 0.3) is 0 Å². The van der Waals surface area contributed by atoms with E-state index in [1.54, 1.807) is 17.1 Å². The smallest absolute Gasteiger partial charge is 0.237 e. The van der Waals surface area contributed by atoms with Gasteiger partial charge in [-0.3, -0.25) is 9.48 Å². The Morgan fingerprint density at radius 1 is 1.50 bits per heavy atom. The van der Waals surface area contributed by atoms with Gasteiger partial charge in [0, 0.05) is 18.3 Å². The highest BCUT2D eigenvalue weighted by atomic mass is 16.2. The summed E-state index contributed by atoms with van der Waals surface area (Å²) in [5, 5.41) is 13.8. The topological polar surface area (TPSA) is 71.8 Å². The molecule has 6 heteroatoms. The van der Waals surface area contributed by atoms with E-state index in [0.717, 1.165) is 6.42 Å². The first-order chi connectivity index (χ1) is 8.44. The van der Waals surface area contributed by atoms with Crippen LogP contribution in [0.2, 0.25) is 0 Å². The first-order valence-corrected chi connectivity index (χ1v) is 6.34. The molecule has 0 aliphatic rings. The van der Waals surface area contributed by atoms with E-state index >= 15 is 0 Å². The summed E-state index contributed by atoms with van der Waals surface area (Å²) in [6.07, 6.45) is 4.34. The van der Waals surface area contributed by atoms with Crippen LogP contribution in [0.5, 0.6) is 0 Å². The molecule has 1 aromatic rings. The van der Waals surface area contributed by atoms with E-state index in [4.69, 9.17) is 0 Å². The van der Waals surface area contributed by atoms with E-state index < -0.39 is 0 Å². The first kappa shape index (κ1) is 14.6. The minimum atomic E-state index is -0.209. The van der Waals surface area contributed by atoms with Crippen LogP contribution in [0.1, 0.15) is 34.1 Å². The molecular formula is C12H23N5O. The van der Waals surface area contributed by atoms with Crippen molar-refractivity contribution >= 4 is 5.91 Å². The summed E-state index contributed by atoms with van der Waals surface area (Å²) in [5.41, 5.74) is -0.154. The van der Waals surface area contributed by atoms with Crippen molar-refractivity contribution in [3.63, 3.8) is 0 Å². The normalized spacial score (nSPS) is 13.3. The minimum absolute atomic E-state index is 0.0282. The van der Waals surface area contributed by atoms with Crippen LogP contribution in [0.4, 0.5) is 0 Å². The molecule has 0 aromatic carbocycles. The summed E-state index contributed by atoms with van der Waals surface area (Å²) in [5.74, 6) is 0.0282. The van der Waals surface area contributed by atoms with Gasteiger partial charge in [0.2, 0.25) is 5.91 Å². The van der Waals surface area contributed by atoms with Gasteiger partial charge >= 0.3 is 0 Å². The molecule has 18 heavy (non-hydrogen) atoms. The number of aromatic nitrogens is 3. The maximum atomic E-state index is 11.9. The van der Waals surface area contributed by atoms with E-state index in [1.807, 2.05) is 20.8 Å². The zero-order chi connectivity index (χ0) is 13.6. The van der Waals surface area contributed by atoms with Crippen molar-refractivity contribution in [1.82, 2.24) is 25.6 Å². The molecule has 1 amide bonds. The lowest BCUT2D eigenvalue weighted by molar-refractivity contribution is -0.124. The van der Waals surface area contributed by atoms with E-state index in [-0.39, 0.29) is 17.5 Å². The standard InChI is InChI=1S/C12H23N5O/c1-5-12(3,4)15-11(18)10(2)13-6-8-17-9-7-14-16-17/h7,9-10,13H,5-6,8H2,1-4H3,(H,15,18). The summed E-state index contributed by atoms with van der Waals surface area (Å²) in [6, 6.07) is -0.209. The number of amides is 1. The average molecular weight is 253 g/mol. The van der Waals surface area contributed by atoms with Crippen LogP contribution < -0.4 is 10.6 Å². The monoisotopic (exact) mass is 253 g/mol. The molecule has 0 saturated carbocycles. The lowest BCUT2D eigenvalue weighted by atomic mass is 10.0. The van der Waals surface area contributed by atoms with Crippen molar-refractivity contribution in [3.05, 3.63) is 12.4 Å². The minimum Gasteiger partial charge on any atom is -0.350 e. The fourth-order valence-corrected chi connectivity index (χ4v) is 1.37. The second-order valence-corrected chi connectivity index (χ2v) is 5.07. The highest BCUT2D eigenvalue weighted by Gasteiger charge is 2.21. The number of hydrogen-bond donors (Lipinski definition) is 2. The molecule has 1 rings (SSSR count). The maximum absolute atomic E-state index is 11.9. The van der Waals surface area contributed by atoms with E-state index in [0.29, 0.717) is 13.1 Å². The Kier molecular flexibility index (Phi) is 5.27. The predicted molar refractivity (Wildman–Crippen MR) is 70.0 cm³/mol. The summed E-state index contributed by atoms with van der Waals surface area (Å²) >= 11 is 0. The van der Waals surface area contributed by atoms with E-state index in [9.17, 15) is 4.79 Å². The van der Waals surface area contributed by atoms with Crippen molar-refractivity contribution in [2.75, 3.05) is 6.54 Å². The van der Waals surface area contributed by atoms with Gasteiger partial charge in [0.1, 0.15) is 0 Å². The SMILES string of the molecule is CCC(C)(C)NC(=O)C(C)NCCn1ccnn1. The van der Waals surface area contributed by atoms with Crippen LogP contribution in [0.3, 0.4) is 0 Å². The number of rotatable bonds is 7. The van der Waals surface area contributed by atoms with Gasteiger partial charge < -0.3 is 10.6 Å². The van der Waals surface area contributed by atoms with Crippen molar-refractivity contribution in [2.45, 2.75) is 52.2 Å². The Bertz CT molecular complexity index is 361. The summed E-state index contributed by atoms with van der Waals surface area (Å²) < 4.78 is 1.73. The van der Waals surface area contributed by atoms with Crippen LogP contribution in [0, 0.1) is 0 Å². The lowest BCUT2D eigenvalue weighted by Crippen LogP contribution is -2.51. The van der Waals surface area contributed by atoms with Crippen LogP contribution in [-0.4, -0.2) is 39.0 Å². The van der Waals surface area contributed by atoms with Gasteiger partial charge in [-0.2, -0.15) is 0 Å². The van der Waals surface area contributed by atoms with Crippen molar-refractivity contribution in [3.8, 4) is 0 Å². The molecule has 2 N–H and O–H groups in total. The van der Waals surface area contributed by atoms with Crippen LogP contribution in [0.15, 0.2) is 12.4 Å². The largest absolute Gasteiger partial charge is 0.350 e. The number of carbonyl (C=O) groups is 1. The summed E-state index contributed by atoms with van der Waals surface area (Å²) in [6.45, 7) is 9.35. The molecule has 0 fully saturated rings. The van der Waals surface area contributed by atoms with Gasteiger partial charge in [-0.1, -0.05) is 12.1 Å². The number of nitrogens with zero attached hydrogens (tertiary/aromatic N) is 3. The maximum Gasteiger partial charge on any atom is 0.237 e. The Hall–Kier alpha value is -1.43. The molecule has 1 aromatic heterocycles. The average Bonchev–Trinajstić information content (AvgIpc) is 2.81. The zero-order valence-corrected chi connectivity index (χ0v) is 11.6. The molecule has 1 heterocycles. The van der Waals surface area contributed by atoms with E-state index in [2.05, 4.69) is 27.9 Å². The predicted octanol–water partition coefficient (Wildman–Crippen LogP) is 0.561. The quantitative estimate of drug-likeness (QED) is 0.745. The van der Waals surface area contributed by atoms with Gasteiger partial charge in [0.25, 0.3) is 0 Å². The second-order valence-electron chi connectivity index (χ2n) is 5.07.